The molecule has 2 aliphatic rings. The molecule has 0 saturated heterocycles. The van der Waals surface area contributed by atoms with Gasteiger partial charge in [0.2, 0.25) is 5.75 Å². The van der Waals surface area contributed by atoms with Crippen molar-refractivity contribution in [1.82, 2.24) is 0 Å². The number of hydrogen-bond acceptors (Lipinski definition) is 7. The summed E-state index contributed by atoms with van der Waals surface area (Å²) in [5, 5.41) is 13.5. The summed E-state index contributed by atoms with van der Waals surface area (Å²) < 4.78 is 22.5. The van der Waals surface area contributed by atoms with Gasteiger partial charge in [-0.3, -0.25) is 9.59 Å². The molecule has 0 unspecified atom stereocenters. The van der Waals surface area contributed by atoms with Gasteiger partial charge in [-0.05, 0) is 41.0 Å². The summed E-state index contributed by atoms with van der Waals surface area (Å²) in [5.74, 6) is -1.53. The van der Waals surface area contributed by atoms with Crippen LogP contribution >= 0.6 is 0 Å². The van der Waals surface area contributed by atoms with Crippen LogP contribution in [0.15, 0.2) is 54.6 Å². The number of carbonyl (C=O) groups is 2. The van der Waals surface area contributed by atoms with Crippen molar-refractivity contribution in [3.63, 3.8) is 0 Å². The number of Topliss-reactive ketones (excluding diaryl/α,β-unsaturated/α-hetero) is 1. The largest absolute Gasteiger partial charge is 0.497 e. The molecule has 0 saturated carbocycles. The maximum absolute atomic E-state index is 13.8. The second-order valence-corrected chi connectivity index (χ2v) is 8.46. The first-order valence-corrected chi connectivity index (χ1v) is 11.2. The van der Waals surface area contributed by atoms with Crippen LogP contribution in [0.5, 0.6) is 23.0 Å². The van der Waals surface area contributed by atoms with Gasteiger partial charge in [0.15, 0.2) is 17.3 Å². The third-order valence-electron chi connectivity index (χ3n) is 6.67. The first-order chi connectivity index (χ1) is 17.0. The molecule has 0 bridgehead atoms. The molecule has 1 aliphatic carbocycles. The topological polar surface area (TPSA) is 103 Å². The number of fused-ring (bicyclic) bond motifs is 4. The Kier molecular flexibility index (Phi) is 5.72. The van der Waals surface area contributed by atoms with Crippen molar-refractivity contribution in [2.75, 3.05) is 26.6 Å². The first kappa shape index (κ1) is 22.6. The summed E-state index contributed by atoms with van der Waals surface area (Å²) in [4.78, 5) is 26.2. The highest BCUT2D eigenvalue weighted by molar-refractivity contribution is 6.10. The fourth-order valence-electron chi connectivity index (χ4n) is 5.06. The van der Waals surface area contributed by atoms with Crippen LogP contribution in [0.2, 0.25) is 0 Å². The summed E-state index contributed by atoms with van der Waals surface area (Å²) in [6, 6.07) is 15.8. The zero-order valence-corrected chi connectivity index (χ0v) is 19.5. The average Bonchev–Trinajstić information content (AvgIpc) is 3.16. The van der Waals surface area contributed by atoms with Crippen LogP contribution in [0.25, 0.3) is 0 Å². The molecule has 3 aromatic carbocycles. The van der Waals surface area contributed by atoms with E-state index in [0.29, 0.717) is 28.1 Å². The van der Waals surface area contributed by atoms with Crippen LogP contribution in [0, 0.1) is 5.92 Å². The smallest absolute Gasteiger partial charge is 0.311 e. The molecular formula is C27H25NO7. The minimum Gasteiger partial charge on any atom is -0.497 e. The first-order valence-electron chi connectivity index (χ1n) is 11.2. The van der Waals surface area contributed by atoms with E-state index >= 15 is 0 Å². The van der Waals surface area contributed by atoms with Crippen LogP contribution in [-0.4, -0.2) is 38.2 Å². The molecule has 8 nitrogen and oxygen atoms in total. The molecule has 3 atom stereocenters. The molecule has 1 aliphatic heterocycles. The van der Waals surface area contributed by atoms with Gasteiger partial charge in [-0.2, -0.15) is 0 Å². The predicted molar refractivity (Wildman–Crippen MR) is 128 cm³/mol. The number of para-hydroxylation sites is 1. The number of carboxylic acids is 1. The standard InChI is InChI=1S/C27H25NO7/c1-32-15-10-8-14(9-11-15)13-35-26-21-17(12-19(33-2)25(26)34-3)23-22(24(21)29)20(27(30)31)16-6-4-5-7-18(16)28-23/h4-12,20,22-23,28H,13H2,1-3H3,(H,30,31)/t20-,22-,23-/m0/s1. The van der Waals surface area contributed by atoms with Crippen molar-refractivity contribution in [2.45, 2.75) is 18.6 Å². The van der Waals surface area contributed by atoms with E-state index in [0.717, 1.165) is 11.3 Å². The summed E-state index contributed by atoms with van der Waals surface area (Å²) in [5.41, 5.74) is 3.08. The van der Waals surface area contributed by atoms with E-state index in [9.17, 15) is 14.7 Å². The van der Waals surface area contributed by atoms with Crippen LogP contribution < -0.4 is 24.3 Å². The predicted octanol–water partition coefficient (Wildman–Crippen LogP) is 4.44. The van der Waals surface area contributed by atoms with Crippen LogP contribution in [0.3, 0.4) is 0 Å². The average molecular weight is 475 g/mol. The zero-order chi connectivity index (χ0) is 24.7. The number of rotatable bonds is 7. The Balaban J connectivity index is 1.61. The fourth-order valence-corrected chi connectivity index (χ4v) is 5.06. The van der Waals surface area contributed by atoms with E-state index in [1.165, 1.54) is 14.2 Å². The van der Waals surface area contributed by atoms with Crippen LogP contribution in [0.4, 0.5) is 5.69 Å². The monoisotopic (exact) mass is 475 g/mol. The highest BCUT2D eigenvalue weighted by Gasteiger charge is 2.53. The number of carbonyl (C=O) groups excluding carboxylic acids is 1. The molecule has 8 heteroatoms. The molecule has 0 fully saturated rings. The van der Waals surface area contributed by atoms with Gasteiger partial charge in [-0.15, -0.1) is 0 Å². The molecule has 0 spiro atoms. The Labute approximate surface area is 202 Å². The van der Waals surface area contributed by atoms with Crippen molar-refractivity contribution in [3.05, 3.63) is 76.9 Å². The van der Waals surface area contributed by atoms with Gasteiger partial charge in [-0.25, -0.2) is 0 Å². The lowest BCUT2D eigenvalue weighted by Crippen LogP contribution is -2.35. The number of benzene rings is 3. The fraction of sp³-hybridized carbons (Fsp3) is 0.259. The summed E-state index contributed by atoms with van der Waals surface area (Å²) >= 11 is 0. The number of ketones is 1. The lowest BCUT2D eigenvalue weighted by atomic mass is 9.77. The SMILES string of the molecule is COc1ccc(COc2c(OC)c(OC)cc3c2C(=O)[C@@H]2[C@H]3Nc3ccccc3[C@@H]2C(=O)O)cc1. The number of nitrogens with one attached hydrogen (secondary N) is 1. The molecule has 3 aromatic rings. The number of aliphatic carboxylic acids is 1. The van der Waals surface area contributed by atoms with Crippen molar-refractivity contribution in [2.24, 2.45) is 5.92 Å². The normalized spacial score (nSPS) is 19.6. The Morgan fingerprint density at radius 1 is 0.943 bits per heavy atom. The number of methoxy groups -OCH3 is 3. The van der Waals surface area contributed by atoms with E-state index < -0.39 is 23.8 Å². The lowest BCUT2D eigenvalue weighted by Gasteiger charge is -2.34. The van der Waals surface area contributed by atoms with E-state index in [1.807, 2.05) is 36.4 Å². The summed E-state index contributed by atoms with van der Waals surface area (Å²) in [7, 11) is 4.58. The van der Waals surface area contributed by atoms with E-state index in [4.69, 9.17) is 18.9 Å². The van der Waals surface area contributed by atoms with Crippen molar-refractivity contribution in [3.8, 4) is 23.0 Å². The third kappa shape index (κ3) is 3.62. The third-order valence-corrected chi connectivity index (χ3v) is 6.67. The number of anilines is 1. The van der Waals surface area contributed by atoms with Gasteiger partial charge in [-0.1, -0.05) is 30.3 Å². The molecular weight excluding hydrogens is 450 g/mol. The van der Waals surface area contributed by atoms with Gasteiger partial charge in [0.05, 0.1) is 44.8 Å². The molecule has 35 heavy (non-hydrogen) atoms. The Hall–Kier alpha value is -4.20. The number of carboxylic acid groups (broad SMARTS) is 1. The maximum atomic E-state index is 13.8. The maximum Gasteiger partial charge on any atom is 0.311 e. The van der Waals surface area contributed by atoms with Crippen LogP contribution in [-0.2, 0) is 11.4 Å². The van der Waals surface area contributed by atoms with E-state index in [-0.39, 0.29) is 23.9 Å². The van der Waals surface area contributed by atoms with Crippen molar-refractivity contribution < 1.29 is 33.6 Å². The Bertz CT molecular complexity index is 1300. The minimum atomic E-state index is -1.05. The molecule has 5 rings (SSSR count). The Morgan fingerprint density at radius 2 is 1.69 bits per heavy atom. The molecule has 0 radical (unpaired) electrons. The van der Waals surface area contributed by atoms with E-state index in [1.54, 1.807) is 25.3 Å². The summed E-state index contributed by atoms with van der Waals surface area (Å²) in [6.07, 6.45) is 0. The number of hydrogen-bond donors (Lipinski definition) is 2. The summed E-state index contributed by atoms with van der Waals surface area (Å²) in [6.45, 7) is 0.165. The van der Waals surface area contributed by atoms with Crippen molar-refractivity contribution in [1.29, 1.82) is 0 Å². The van der Waals surface area contributed by atoms with Gasteiger partial charge < -0.3 is 29.4 Å². The quantitative estimate of drug-likeness (QED) is 0.517. The highest BCUT2D eigenvalue weighted by atomic mass is 16.5. The van der Waals surface area contributed by atoms with E-state index in [2.05, 4.69) is 5.32 Å². The van der Waals surface area contributed by atoms with Crippen molar-refractivity contribution >= 4 is 17.4 Å². The second kappa shape index (κ2) is 8.87. The molecule has 2 N–H and O–H groups in total. The molecule has 0 amide bonds. The Morgan fingerprint density at radius 3 is 2.34 bits per heavy atom. The van der Waals surface area contributed by atoms with Crippen LogP contribution in [0.1, 0.15) is 39.0 Å². The zero-order valence-electron chi connectivity index (χ0n) is 19.5. The lowest BCUT2D eigenvalue weighted by molar-refractivity contribution is -0.140. The van der Waals surface area contributed by atoms with Gasteiger partial charge >= 0.3 is 5.97 Å². The molecule has 1 heterocycles. The van der Waals surface area contributed by atoms with Gasteiger partial charge in [0, 0.05) is 5.69 Å². The van der Waals surface area contributed by atoms with Gasteiger partial charge in [0.25, 0.3) is 0 Å². The highest BCUT2D eigenvalue weighted by Crippen LogP contribution is 2.56. The molecule has 0 aromatic heterocycles. The van der Waals surface area contributed by atoms with Gasteiger partial charge in [0.1, 0.15) is 12.4 Å². The second-order valence-electron chi connectivity index (χ2n) is 8.46. The number of ether oxygens (including phenoxy) is 4. The minimum absolute atomic E-state index is 0.165. The molecule has 180 valence electrons.